The van der Waals surface area contributed by atoms with Gasteiger partial charge in [0.1, 0.15) is 0 Å². The summed E-state index contributed by atoms with van der Waals surface area (Å²) in [7, 11) is -3.94. The van der Waals surface area contributed by atoms with Gasteiger partial charge in [0.15, 0.2) is 6.29 Å². The standard InChI is InChI=1S/C18H15F3INO4S/c1-11(23-17(25)18(19,20)21)8-12-2-5-15(6-3-12)28(26,27)16-7-4-14(22)9-13(16)10-24/h2-7,9-11H,8H2,1H3,(H,23,25)/t11-/m1/s1. The van der Waals surface area contributed by atoms with Crippen LogP contribution in [0.4, 0.5) is 13.2 Å². The van der Waals surface area contributed by atoms with E-state index in [9.17, 15) is 31.2 Å². The lowest BCUT2D eigenvalue weighted by Crippen LogP contribution is -2.42. The summed E-state index contributed by atoms with van der Waals surface area (Å²) in [6.07, 6.45) is -4.41. The van der Waals surface area contributed by atoms with Crippen LogP contribution in [0.2, 0.25) is 0 Å². The minimum absolute atomic E-state index is 0.0412. The number of rotatable bonds is 6. The molecular weight excluding hydrogens is 510 g/mol. The molecule has 0 aliphatic carbocycles. The summed E-state index contributed by atoms with van der Waals surface area (Å²) in [6.45, 7) is 1.41. The molecule has 10 heteroatoms. The van der Waals surface area contributed by atoms with Crippen LogP contribution in [0.5, 0.6) is 0 Å². The molecule has 0 spiro atoms. The zero-order valence-electron chi connectivity index (χ0n) is 14.5. The summed E-state index contributed by atoms with van der Waals surface area (Å²) in [5.41, 5.74) is 0.589. The molecule has 5 nitrogen and oxygen atoms in total. The molecule has 0 aliphatic heterocycles. The van der Waals surface area contributed by atoms with Crippen LogP contribution in [-0.2, 0) is 21.1 Å². The molecule has 0 unspecified atom stereocenters. The van der Waals surface area contributed by atoms with E-state index in [2.05, 4.69) is 0 Å². The van der Waals surface area contributed by atoms with E-state index in [4.69, 9.17) is 0 Å². The third-order valence-electron chi connectivity index (χ3n) is 3.80. The largest absolute Gasteiger partial charge is 0.471 e. The van der Waals surface area contributed by atoms with Gasteiger partial charge in [0, 0.05) is 15.2 Å². The van der Waals surface area contributed by atoms with Gasteiger partial charge in [-0.15, -0.1) is 0 Å². The average molecular weight is 525 g/mol. The predicted octanol–water partition coefficient (Wildman–Crippen LogP) is 3.55. The van der Waals surface area contributed by atoms with Gasteiger partial charge in [0.2, 0.25) is 9.84 Å². The molecule has 0 saturated heterocycles. The highest BCUT2D eigenvalue weighted by molar-refractivity contribution is 14.1. The molecule has 2 aromatic rings. The number of carbonyl (C=O) groups is 2. The molecule has 0 fully saturated rings. The monoisotopic (exact) mass is 525 g/mol. The number of carbonyl (C=O) groups excluding carboxylic acids is 2. The number of sulfone groups is 1. The molecule has 0 bridgehead atoms. The number of halogens is 4. The Balaban J connectivity index is 2.20. The van der Waals surface area contributed by atoms with Crippen LogP contribution < -0.4 is 5.32 Å². The van der Waals surface area contributed by atoms with Crippen molar-refractivity contribution in [3.05, 3.63) is 57.2 Å². The van der Waals surface area contributed by atoms with Gasteiger partial charge in [-0.05, 0) is 71.8 Å². The normalized spacial score (nSPS) is 13.0. The van der Waals surface area contributed by atoms with Crippen molar-refractivity contribution >= 4 is 44.6 Å². The van der Waals surface area contributed by atoms with Gasteiger partial charge in [-0.2, -0.15) is 13.2 Å². The second-order valence-corrected chi connectivity index (χ2v) is 9.19. The Hall–Kier alpha value is -1.95. The molecule has 2 rings (SSSR count). The highest BCUT2D eigenvalue weighted by Gasteiger charge is 2.39. The van der Waals surface area contributed by atoms with E-state index in [1.54, 1.807) is 6.07 Å². The van der Waals surface area contributed by atoms with Crippen molar-refractivity contribution in [3.63, 3.8) is 0 Å². The molecule has 2 aromatic carbocycles. The van der Waals surface area contributed by atoms with Crippen LogP contribution >= 0.6 is 22.6 Å². The summed E-state index contributed by atoms with van der Waals surface area (Å²) >= 11 is 1.96. The molecular formula is C18H15F3INO4S. The Morgan fingerprint density at radius 3 is 2.32 bits per heavy atom. The molecule has 0 radical (unpaired) electrons. The first-order valence-electron chi connectivity index (χ1n) is 7.91. The van der Waals surface area contributed by atoms with Crippen molar-refractivity contribution in [1.82, 2.24) is 5.32 Å². The Bertz CT molecular complexity index is 989. The van der Waals surface area contributed by atoms with Crippen LogP contribution in [0.1, 0.15) is 22.8 Å². The minimum atomic E-state index is -4.96. The zero-order valence-corrected chi connectivity index (χ0v) is 17.4. The molecule has 0 heterocycles. The van der Waals surface area contributed by atoms with Crippen molar-refractivity contribution in [2.75, 3.05) is 0 Å². The second-order valence-electron chi connectivity index (χ2n) is 6.02. The van der Waals surface area contributed by atoms with E-state index >= 15 is 0 Å². The predicted molar refractivity (Wildman–Crippen MR) is 104 cm³/mol. The third-order valence-corrected chi connectivity index (χ3v) is 6.31. The Morgan fingerprint density at radius 1 is 1.18 bits per heavy atom. The fraction of sp³-hybridized carbons (Fsp3) is 0.222. The van der Waals surface area contributed by atoms with E-state index in [-0.39, 0.29) is 21.8 Å². The first-order valence-corrected chi connectivity index (χ1v) is 10.5. The minimum Gasteiger partial charge on any atom is -0.345 e. The smallest absolute Gasteiger partial charge is 0.345 e. The maximum atomic E-state index is 12.8. The fourth-order valence-electron chi connectivity index (χ4n) is 2.50. The molecule has 150 valence electrons. The Morgan fingerprint density at radius 2 is 1.79 bits per heavy atom. The van der Waals surface area contributed by atoms with Crippen molar-refractivity contribution < 1.29 is 31.2 Å². The van der Waals surface area contributed by atoms with E-state index in [0.29, 0.717) is 15.4 Å². The maximum Gasteiger partial charge on any atom is 0.471 e. The van der Waals surface area contributed by atoms with E-state index < -0.39 is 28.0 Å². The SMILES string of the molecule is C[C@H](Cc1ccc(S(=O)(=O)c2ccc(I)cc2C=O)cc1)NC(=O)C(F)(F)F. The lowest BCUT2D eigenvalue weighted by molar-refractivity contribution is -0.174. The van der Waals surface area contributed by atoms with Crippen molar-refractivity contribution in [1.29, 1.82) is 0 Å². The van der Waals surface area contributed by atoms with Gasteiger partial charge in [0.05, 0.1) is 9.79 Å². The lowest BCUT2D eigenvalue weighted by atomic mass is 10.1. The van der Waals surface area contributed by atoms with Crippen LogP contribution in [0, 0.1) is 3.57 Å². The summed E-state index contributed by atoms with van der Waals surface area (Å²) in [4.78, 5) is 22.0. The quantitative estimate of drug-likeness (QED) is 0.463. The van der Waals surface area contributed by atoms with E-state index in [1.165, 1.54) is 43.3 Å². The molecule has 0 saturated carbocycles. The highest BCUT2D eigenvalue weighted by Crippen LogP contribution is 2.25. The zero-order chi connectivity index (χ0) is 21.1. The highest BCUT2D eigenvalue weighted by atomic mass is 127. The number of hydrogen-bond donors (Lipinski definition) is 1. The van der Waals surface area contributed by atoms with Crippen molar-refractivity contribution in [3.8, 4) is 0 Å². The van der Waals surface area contributed by atoms with Gasteiger partial charge >= 0.3 is 12.1 Å². The van der Waals surface area contributed by atoms with E-state index in [0.717, 1.165) is 0 Å². The van der Waals surface area contributed by atoms with Crippen molar-refractivity contribution in [2.24, 2.45) is 0 Å². The van der Waals surface area contributed by atoms with Gasteiger partial charge in [-0.3, -0.25) is 9.59 Å². The first-order chi connectivity index (χ1) is 12.9. The molecule has 0 aromatic heterocycles. The van der Waals surface area contributed by atoms with E-state index in [1.807, 2.05) is 27.9 Å². The molecule has 1 N–H and O–H groups in total. The Kier molecular flexibility index (Phi) is 6.86. The number of aldehydes is 1. The first kappa shape index (κ1) is 22.3. The maximum absolute atomic E-state index is 12.8. The van der Waals surface area contributed by atoms with Gasteiger partial charge in [0.25, 0.3) is 0 Å². The number of nitrogens with one attached hydrogen (secondary N) is 1. The van der Waals surface area contributed by atoms with Crippen LogP contribution in [0.3, 0.4) is 0 Å². The van der Waals surface area contributed by atoms with Gasteiger partial charge in [-0.25, -0.2) is 8.42 Å². The number of hydrogen-bond acceptors (Lipinski definition) is 4. The number of benzene rings is 2. The summed E-state index contributed by atoms with van der Waals surface area (Å²) in [5, 5.41) is 1.84. The number of alkyl halides is 3. The lowest BCUT2D eigenvalue weighted by Gasteiger charge is -2.15. The van der Waals surface area contributed by atoms with Crippen LogP contribution in [-0.4, -0.2) is 32.8 Å². The topological polar surface area (TPSA) is 80.3 Å². The second kappa shape index (κ2) is 8.60. The summed E-state index contributed by atoms with van der Waals surface area (Å²) in [6, 6.07) is 9.12. The molecule has 1 amide bonds. The summed E-state index contributed by atoms with van der Waals surface area (Å²) in [5.74, 6) is -2.03. The van der Waals surface area contributed by atoms with Crippen molar-refractivity contribution in [2.45, 2.75) is 35.4 Å². The Labute approximate surface area is 173 Å². The summed E-state index contributed by atoms with van der Waals surface area (Å²) < 4.78 is 63.1. The van der Waals surface area contributed by atoms with Gasteiger partial charge < -0.3 is 5.32 Å². The van der Waals surface area contributed by atoms with Crippen LogP contribution in [0.15, 0.2) is 52.3 Å². The van der Waals surface area contributed by atoms with Crippen LogP contribution in [0.25, 0.3) is 0 Å². The molecule has 28 heavy (non-hydrogen) atoms. The molecule has 1 atom stereocenters. The fourth-order valence-corrected chi connectivity index (χ4v) is 4.43. The average Bonchev–Trinajstić information content (AvgIpc) is 2.60. The number of amides is 1. The van der Waals surface area contributed by atoms with Gasteiger partial charge in [-0.1, -0.05) is 12.1 Å². The third kappa shape index (κ3) is 5.31. The molecule has 0 aliphatic rings.